The van der Waals surface area contributed by atoms with Crippen molar-refractivity contribution < 1.29 is 0 Å². The Morgan fingerprint density at radius 1 is 0.667 bits per heavy atom. The van der Waals surface area contributed by atoms with Crippen molar-refractivity contribution in [3.8, 4) is 24.7 Å². The van der Waals surface area contributed by atoms with Gasteiger partial charge in [-0.3, -0.25) is 0 Å². The van der Waals surface area contributed by atoms with Crippen molar-refractivity contribution in [3.63, 3.8) is 0 Å². The Hall–Kier alpha value is -3.13. The summed E-state index contributed by atoms with van der Waals surface area (Å²) in [6, 6.07) is 0. The Labute approximate surface area is 167 Å². The number of thioether (sulfide) groups is 1. The first-order valence-corrected chi connectivity index (χ1v) is 9.64. The molecule has 2 aliphatic rings. The number of allylic oxidation sites excluding steroid dienone is 18. The minimum atomic E-state index is 0.799. The van der Waals surface area contributed by atoms with Crippen molar-refractivity contribution in [1.29, 1.82) is 0 Å². The minimum absolute atomic E-state index is 0.799. The molecule has 0 aromatic rings. The van der Waals surface area contributed by atoms with Crippen molar-refractivity contribution in [2.24, 2.45) is 0 Å². The highest BCUT2D eigenvalue weighted by atomic mass is 32.2. The molecule has 0 aromatic heterocycles. The van der Waals surface area contributed by atoms with Crippen LogP contribution in [0.15, 0.2) is 118 Å². The molecule has 27 heavy (non-hydrogen) atoms. The van der Waals surface area contributed by atoms with E-state index in [2.05, 4.69) is 36.1 Å². The molecule has 0 nitrogen and oxygen atoms in total. The maximum absolute atomic E-state index is 5.49. The number of hydrogen-bond donors (Lipinski definition) is 0. The molecule has 0 unspecified atom stereocenters. The lowest BCUT2D eigenvalue weighted by Gasteiger charge is -1.98. The summed E-state index contributed by atoms with van der Waals surface area (Å²) < 4.78 is 0. The summed E-state index contributed by atoms with van der Waals surface area (Å²) in [4.78, 5) is 0. The molecule has 0 radical (unpaired) electrons. The summed E-state index contributed by atoms with van der Waals surface area (Å²) in [5.74, 6) is 5.43. The van der Waals surface area contributed by atoms with Crippen LogP contribution in [0.25, 0.3) is 0 Å². The van der Waals surface area contributed by atoms with E-state index in [0.29, 0.717) is 0 Å². The maximum atomic E-state index is 5.49. The van der Waals surface area contributed by atoms with Crippen LogP contribution in [0, 0.1) is 24.7 Å². The molecule has 2 rings (SSSR count). The molecule has 0 saturated carbocycles. The van der Waals surface area contributed by atoms with Crippen molar-refractivity contribution in [2.45, 2.75) is 12.8 Å². The Bertz CT molecular complexity index is 828. The molecular formula is C26H22S. The molecule has 132 valence electrons. The van der Waals surface area contributed by atoms with Crippen LogP contribution in [0.5, 0.6) is 0 Å². The Morgan fingerprint density at radius 2 is 1.11 bits per heavy atom. The van der Waals surface area contributed by atoms with Crippen molar-refractivity contribution in [2.75, 3.05) is 0 Å². The SMILES string of the molecule is C#CC1=CC=CC=C(/C=C/C=C\S/C=C/C=C/C2=CC=CC=C(C#C)C2)C1. The van der Waals surface area contributed by atoms with Gasteiger partial charge in [-0.25, -0.2) is 0 Å². The van der Waals surface area contributed by atoms with E-state index in [9.17, 15) is 0 Å². The summed E-state index contributed by atoms with van der Waals surface area (Å²) in [7, 11) is 0. The molecule has 0 bridgehead atoms. The fraction of sp³-hybridized carbons (Fsp3) is 0.0769. The van der Waals surface area contributed by atoms with E-state index < -0.39 is 0 Å². The van der Waals surface area contributed by atoms with Gasteiger partial charge in [0.2, 0.25) is 0 Å². The predicted octanol–water partition coefficient (Wildman–Crippen LogP) is 6.75. The molecular weight excluding hydrogens is 344 g/mol. The smallest absolute Gasteiger partial charge is 0.00614 e. The van der Waals surface area contributed by atoms with Gasteiger partial charge in [0.15, 0.2) is 0 Å². The van der Waals surface area contributed by atoms with Crippen LogP contribution in [-0.4, -0.2) is 0 Å². The van der Waals surface area contributed by atoms with Crippen LogP contribution in [0.1, 0.15) is 12.8 Å². The second-order valence-electron chi connectivity index (χ2n) is 5.79. The van der Waals surface area contributed by atoms with Gasteiger partial charge in [-0.2, -0.15) is 0 Å². The molecule has 0 saturated heterocycles. The zero-order valence-corrected chi connectivity index (χ0v) is 16.0. The first kappa shape index (κ1) is 20.2. The average Bonchev–Trinajstić information content (AvgIpc) is 3.06. The summed E-state index contributed by atoms with van der Waals surface area (Å²) in [6.07, 6.45) is 41.0. The first-order valence-electron chi connectivity index (χ1n) is 8.70. The van der Waals surface area contributed by atoms with Crippen molar-refractivity contribution in [3.05, 3.63) is 118 Å². The Balaban J connectivity index is 1.75. The third-order valence-electron chi connectivity index (χ3n) is 3.75. The van der Waals surface area contributed by atoms with Crippen LogP contribution >= 0.6 is 11.8 Å². The predicted molar refractivity (Wildman–Crippen MR) is 122 cm³/mol. The van der Waals surface area contributed by atoms with E-state index in [1.165, 1.54) is 11.1 Å². The molecule has 2 aliphatic carbocycles. The Kier molecular flexibility index (Phi) is 9.17. The van der Waals surface area contributed by atoms with Crippen LogP contribution in [0.4, 0.5) is 0 Å². The van der Waals surface area contributed by atoms with E-state index >= 15 is 0 Å². The van der Waals surface area contributed by atoms with E-state index in [1.54, 1.807) is 11.8 Å². The van der Waals surface area contributed by atoms with Gasteiger partial charge < -0.3 is 0 Å². The standard InChI is InChI=1S/C26H22S/c1-3-23-13-5-7-15-25(21-23)17-9-11-19-27-20-12-10-18-26-16-8-6-14-24(4-2)22-26/h1-2,5-20H,21-22H2/b17-9+,18-10+,19-11-,20-12+. The quantitative estimate of drug-likeness (QED) is 0.370. The van der Waals surface area contributed by atoms with E-state index in [1.807, 2.05) is 71.6 Å². The van der Waals surface area contributed by atoms with Gasteiger partial charge in [0.25, 0.3) is 0 Å². The summed E-state index contributed by atoms with van der Waals surface area (Å²) >= 11 is 1.63. The number of rotatable bonds is 6. The van der Waals surface area contributed by atoms with Crippen LogP contribution in [0.2, 0.25) is 0 Å². The molecule has 0 fully saturated rings. The summed E-state index contributed by atoms with van der Waals surface area (Å²) in [5, 5.41) is 4.08. The molecule has 0 amide bonds. The van der Waals surface area contributed by atoms with Gasteiger partial charge in [-0.1, -0.05) is 96.9 Å². The molecule has 0 N–H and O–H groups in total. The second kappa shape index (κ2) is 12.3. The lowest BCUT2D eigenvalue weighted by molar-refractivity contribution is 1.23. The van der Waals surface area contributed by atoms with Gasteiger partial charge in [0.1, 0.15) is 0 Å². The maximum Gasteiger partial charge on any atom is 0.00614 e. The zero-order valence-electron chi connectivity index (χ0n) is 15.2. The summed E-state index contributed by atoms with van der Waals surface area (Å²) in [6.45, 7) is 0. The molecule has 0 spiro atoms. The molecule has 0 aromatic carbocycles. The van der Waals surface area contributed by atoms with E-state index in [-0.39, 0.29) is 0 Å². The number of terminal acetylenes is 2. The first-order chi connectivity index (χ1) is 13.3. The largest absolute Gasteiger partial charge is 0.115 e. The highest BCUT2D eigenvalue weighted by Crippen LogP contribution is 2.16. The topological polar surface area (TPSA) is 0 Å². The van der Waals surface area contributed by atoms with E-state index in [4.69, 9.17) is 12.8 Å². The second-order valence-corrected chi connectivity index (χ2v) is 6.61. The van der Waals surface area contributed by atoms with Gasteiger partial charge in [0, 0.05) is 24.0 Å². The van der Waals surface area contributed by atoms with Crippen molar-refractivity contribution >= 4 is 11.8 Å². The molecule has 1 heteroatoms. The third-order valence-corrected chi connectivity index (χ3v) is 4.38. The third kappa shape index (κ3) is 8.19. The molecule has 0 heterocycles. The van der Waals surface area contributed by atoms with Gasteiger partial charge >= 0.3 is 0 Å². The number of hydrogen-bond acceptors (Lipinski definition) is 1. The highest BCUT2D eigenvalue weighted by molar-refractivity contribution is 8.04. The van der Waals surface area contributed by atoms with E-state index in [0.717, 1.165) is 24.0 Å². The Morgan fingerprint density at radius 3 is 1.56 bits per heavy atom. The minimum Gasteiger partial charge on any atom is -0.115 e. The van der Waals surface area contributed by atoms with Crippen LogP contribution in [-0.2, 0) is 0 Å². The fourth-order valence-electron chi connectivity index (χ4n) is 2.39. The van der Waals surface area contributed by atoms with Crippen LogP contribution < -0.4 is 0 Å². The average molecular weight is 367 g/mol. The lowest BCUT2D eigenvalue weighted by atomic mass is 10.1. The normalized spacial score (nSPS) is 17.4. The van der Waals surface area contributed by atoms with Crippen molar-refractivity contribution in [1.82, 2.24) is 0 Å². The van der Waals surface area contributed by atoms with Gasteiger partial charge in [-0.15, -0.1) is 24.6 Å². The molecule has 0 atom stereocenters. The van der Waals surface area contributed by atoms with Crippen LogP contribution in [0.3, 0.4) is 0 Å². The monoisotopic (exact) mass is 366 g/mol. The molecule has 0 aliphatic heterocycles. The highest BCUT2D eigenvalue weighted by Gasteiger charge is 1.98. The van der Waals surface area contributed by atoms with Gasteiger partial charge in [-0.05, 0) is 22.0 Å². The lowest BCUT2D eigenvalue weighted by Crippen LogP contribution is -1.81. The summed E-state index contributed by atoms with van der Waals surface area (Å²) in [5.41, 5.74) is 4.40. The fourth-order valence-corrected chi connectivity index (χ4v) is 2.84. The zero-order chi connectivity index (χ0) is 19.2. The van der Waals surface area contributed by atoms with Gasteiger partial charge in [0.05, 0.1) is 0 Å².